The molecule has 1 aromatic rings. The number of aliphatic hydroxyl groups excluding tert-OH is 1. The molecule has 2 N–H and O–H groups in total. The topological polar surface area (TPSA) is 60.2 Å². The van der Waals surface area contributed by atoms with Gasteiger partial charge in [0.1, 0.15) is 25.0 Å². The number of carbonyl (C=O) groups is 1. The van der Waals surface area contributed by atoms with Crippen LogP contribution in [-0.2, 0) is 14.9 Å². The average molecular weight is 379 g/mol. The van der Waals surface area contributed by atoms with E-state index in [0.717, 1.165) is 38.1 Å². The molecule has 5 nitrogen and oxygen atoms in total. The van der Waals surface area contributed by atoms with Crippen molar-refractivity contribution in [3.05, 3.63) is 29.8 Å². The van der Waals surface area contributed by atoms with Crippen molar-refractivity contribution in [2.45, 2.75) is 58.5 Å². The summed E-state index contributed by atoms with van der Waals surface area (Å²) in [4.78, 5) is 13.1. The monoisotopic (exact) mass is 378 g/mol. The molecular weight excluding hydrogens is 342 g/mol. The molecule has 27 heavy (non-hydrogen) atoms. The number of likely N-dealkylation sites (tertiary alicyclic amines) is 1. The van der Waals surface area contributed by atoms with Gasteiger partial charge in [-0.1, -0.05) is 32.9 Å². The van der Waals surface area contributed by atoms with Crippen molar-refractivity contribution >= 4 is 5.97 Å². The van der Waals surface area contributed by atoms with E-state index in [1.54, 1.807) is 0 Å². The van der Waals surface area contributed by atoms with Gasteiger partial charge in [-0.15, -0.1) is 0 Å². The van der Waals surface area contributed by atoms with E-state index in [0.29, 0.717) is 19.8 Å². The number of esters is 1. The number of quaternary nitrogens is 1. The number of carbonyl (C=O) groups excluding carboxylic acids is 1. The molecule has 0 aromatic heterocycles. The van der Waals surface area contributed by atoms with E-state index in [9.17, 15) is 9.90 Å². The Morgan fingerprint density at radius 3 is 2.41 bits per heavy atom. The Bertz CT molecular complexity index is 576. The van der Waals surface area contributed by atoms with Crippen LogP contribution in [0.3, 0.4) is 0 Å². The zero-order valence-electron chi connectivity index (χ0n) is 17.3. The lowest BCUT2D eigenvalue weighted by atomic mass is 9.82. The lowest BCUT2D eigenvalue weighted by molar-refractivity contribution is -0.908. The fourth-order valence-electron chi connectivity index (χ4n) is 3.52. The molecule has 1 heterocycles. The van der Waals surface area contributed by atoms with Crippen molar-refractivity contribution in [2.24, 2.45) is 5.92 Å². The SMILES string of the molecule is CCOC(=O)C1CC[NH+](C[C@H](O)COc2ccc(C(C)(C)CC)cc2)CC1. The molecule has 0 aliphatic carbocycles. The number of ether oxygens (including phenoxy) is 2. The first kappa shape index (κ1) is 21.7. The molecule has 1 aliphatic rings. The average Bonchev–Trinajstić information content (AvgIpc) is 2.67. The van der Waals surface area contributed by atoms with Crippen LogP contribution < -0.4 is 9.64 Å². The maximum Gasteiger partial charge on any atom is 0.309 e. The highest BCUT2D eigenvalue weighted by Gasteiger charge is 2.29. The number of nitrogens with one attached hydrogen (secondary N) is 1. The summed E-state index contributed by atoms with van der Waals surface area (Å²) in [6.45, 7) is 11.7. The van der Waals surface area contributed by atoms with Gasteiger partial charge < -0.3 is 19.5 Å². The van der Waals surface area contributed by atoms with Crippen LogP contribution in [0.2, 0.25) is 0 Å². The lowest BCUT2D eigenvalue weighted by Crippen LogP contribution is -3.14. The fourth-order valence-corrected chi connectivity index (χ4v) is 3.52. The Morgan fingerprint density at radius 2 is 1.85 bits per heavy atom. The summed E-state index contributed by atoms with van der Waals surface area (Å²) >= 11 is 0. The fraction of sp³-hybridized carbons (Fsp3) is 0.682. The van der Waals surface area contributed by atoms with Crippen LogP contribution in [0, 0.1) is 5.92 Å². The van der Waals surface area contributed by atoms with Gasteiger partial charge in [-0.25, -0.2) is 0 Å². The van der Waals surface area contributed by atoms with E-state index in [1.165, 1.54) is 10.5 Å². The second-order valence-electron chi connectivity index (χ2n) is 8.21. The van der Waals surface area contributed by atoms with Crippen molar-refractivity contribution in [3.63, 3.8) is 0 Å². The number of piperidine rings is 1. The first-order chi connectivity index (χ1) is 12.9. The first-order valence-corrected chi connectivity index (χ1v) is 10.3. The Labute approximate surface area is 163 Å². The maximum atomic E-state index is 11.8. The first-order valence-electron chi connectivity index (χ1n) is 10.3. The van der Waals surface area contributed by atoms with Crippen molar-refractivity contribution in [1.29, 1.82) is 0 Å². The van der Waals surface area contributed by atoms with Crippen LogP contribution in [-0.4, -0.2) is 50.0 Å². The van der Waals surface area contributed by atoms with E-state index in [2.05, 4.69) is 32.9 Å². The van der Waals surface area contributed by atoms with Crippen LogP contribution in [0.4, 0.5) is 0 Å². The standard InChI is InChI=1S/C22H35NO4/c1-5-22(3,4)18-7-9-20(10-8-18)27-16-19(24)15-23-13-11-17(12-14-23)21(25)26-6-2/h7-10,17,19,24H,5-6,11-16H2,1-4H3/p+1/t19-/m0/s1. The molecule has 1 aliphatic heterocycles. The van der Waals surface area contributed by atoms with Gasteiger partial charge in [0.05, 0.1) is 25.6 Å². The van der Waals surface area contributed by atoms with E-state index in [1.807, 2.05) is 19.1 Å². The van der Waals surface area contributed by atoms with Crippen LogP contribution in [0.5, 0.6) is 5.75 Å². The third-order valence-electron chi connectivity index (χ3n) is 5.80. The van der Waals surface area contributed by atoms with E-state index >= 15 is 0 Å². The molecular formula is C22H36NO4+. The van der Waals surface area contributed by atoms with Crippen LogP contribution in [0.15, 0.2) is 24.3 Å². The number of aliphatic hydroxyl groups is 1. The van der Waals surface area contributed by atoms with E-state index < -0.39 is 6.10 Å². The number of hydrogen-bond acceptors (Lipinski definition) is 4. The highest BCUT2D eigenvalue weighted by molar-refractivity contribution is 5.72. The van der Waals surface area contributed by atoms with Crippen LogP contribution >= 0.6 is 0 Å². The van der Waals surface area contributed by atoms with Gasteiger partial charge >= 0.3 is 5.97 Å². The molecule has 0 spiro atoms. The molecule has 2 rings (SSSR count). The quantitative estimate of drug-likeness (QED) is 0.645. The minimum Gasteiger partial charge on any atom is -0.491 e. The van der Waals surface area contributed by atoms with Gasteiger partial charge in [0.2, 0.25) is 0 Å². The molecule has 1 atom stereocenters. The summed E-state index contributed by atoms with van der Waals surface area (Å²) in [6, 6.07) is 8.18. The third kappa shape index (κ3) is 6.51. The summed E-state index contributed by atoms with van der Waals surface area (Å²) in [5.41, 5.74) is 1.46. The molecule has 152 valence electrons. The zero-order valence-corrected chi connectivity index (χ0v) is 17.3. The molecule has 0 radical (unpaired) electrons. The summed E-state index contributed by atoms with van der Waals surface area (Å²) in [6.07, 6.45) is 2.24. The third-order valence-corrected chi connectivity index (χ3v) is 5.80. The van der Waals surface area contributed by atoms with Crippen molar-refractivity contribution < 1.29 is 24.3 Å². The second kappa shape index (κ2) is 10.1. The summed E-state index contributed by atoms with van der Waals surface area (Å²) < 4.78 is 10.9. The van der Waals surface area contributed by atoms with Gasteiger partial charge in [-0.3, -0.25) is 4.79 Å². The highest BCUT2D eigenvalue weighted by atomic mass is 16.5. The number of rotatable bonds is 9. The van der Waals surface area contributed by atoms with Gasteiger partial charge in [0.15, 0.2) is 0 Å². The van der Waals surface area contributed by atoms with Crippen molar-refractivity contribution in [3.8, 4) is 5.75 Å². The molecule has 5 heteroatoms. The van der Waals surface area contributed by atoms with Crippen molar-refractivity contribution in [2.75, 3.05) is 32.8 Å². The molecule has 0 amide bonds. The largest absolute Gasteiger partial charge is 0.491 e. The molecule has 0 bridgehead atoms. The van der Waals surface area contributed by atoms with Gasteiger partial charge in [-0.2, -0.15) is 0 Å². The molecule has 0 unspecified atom stereocenters. The predicted molar refractivity (Wildman–Crippen MR) is 106 cm³/mol. The van der Waals surface area contributed by atoms with Crippen LogP contribution in [0.1, 0.15) is 52.5 Å². The number of benzene rings is 1. The van der Waals surface area contributed by atoms with E-state index in [4.69, 9.17) is 9.47 Å². The van der Waals surface area contributed by atoms with Crippen LogP contribution in [0.25, 0.3) is 0 Å². The Kier molecular flexibility index (Phi) is 8.11. The van der Waals surface area contributed by atoms with E-state index in [-0.39, 0.29) is 17.3 Å². The molecule has 1 saturated heterocycles. The maximum absolute atomic E-state index is 11.8. The molecule has 1 aromatic carbocycles. The van der Waals surface area contributed by atoms with Gasteiger partial charge in [-0.05, 0) is 36.5 Å². The zero-order chi connectivity index (χ0) is 19.9. The predicted octanol–water partition coefficient (Wildman–Crippen LogP) is 1.97. The smallest absolute Gasteiger partial charge is 0.309 e. The minimum atomic E-state index is -0.508. The summed E-state index contributed by atoms with van der Waals surface area (Å²) in [5.74, 6) is 0.740. The Morgan fingerprint density at radius 1 is 1.22 bits per heavy atom. The normalized spacial score (nSPS) is 21.5. The Hall–Kier alpha value is -1.59. The van der Waals surface area contributed by atoms with Gasteiger partial charge in [0, 0.05) is 12.8 Å². The summed E-state index contributed by atoms with van der Waals surface area (Å²) in [5, 5.41) is 10.3. The lowest BCUT2D eigenvalue weighted by Gasteiger charge is -2.29. The Balaban J connectivity index is 1.72. The highest BCUT2D eigenvalue weighted by Crippen LogP contribution is 2.28. The summed E-state index contributed by atoms with van der Waals surface area (Å²) in [7, 11) is 0. The van der Waals surface area contributed by atoms with Gasteiger partial charge in [0.25, 0.3) is 0 Å². The number of hydrogen-bond donors (Lipinski definition) is 2. The van der Waals surface area contributed by atoms with Crippen molar-refractivity contribution in [1.82, 2.24) is 0 Å². The minimum absolute atomic E-state index is 0.0213. The second-order valence-corrected chi connectivity index (χ2v) is 8.21. The molecule has 0 saturated carbocycles. The molecule has 1 fully saturated rings.